The van der Waals surface area contributed by atoms with Crippen LogP contribution in [0.5, 0.6) is 0 Å². The smallest absolute Gasteiger partial charge is 0.248 e. The summed E-state index contributed by atoms with van der Waals surface area (Å²) in [5.74, 6) is -0.742. The fraction of sp³-hybridized carbons (Fsp3) is 0.0952. The molecule has 0 radical (unpaired) electrons. The van der Waals surface area contributed by atoms with Gasteiger partial charge in [-0.1, -0.05) is 53.7 Å². The van der Waals surface area contributed by atoms with E-state index in [4.69, 9.17) is 4.52 Å². The number of hydrogen-bond donors (Lipinski definition) is 1. The first-order valence-corrected chi connectivity index (χ1v) is 8.61. The molecule has 1 atom stereocenters. The van der Waals surface area contributed by atoms with Crippen molar-refractivity contribution in [2.75, 3.05) is 10.2 Å². The number of carbonyl (C=O) groups excluding carboxylic acids is 2. The first kappa shape index (κ1) is 15.6. The number of nitrogens with one attached hydrogen (secondary N) is 1. The molecule has 2 aliphatic heterocycles. The Hall–Kier alpha value is -3.67. The lowest BCUT2D eigenvalue weighted by Crippen LogP contribution is -2.31. The van der Waals surface area contributed by atoms with Crippen LogP contribution in [0.25, 0.3) is 12.2 Å². The molecule has 1 aromatic heterocycles. The maximum atomic E-state index is 13.3. The lowest BCUT2D eigenvalue weighted by molar-refractivity contribution is -0.126. The Morgan fingerprint density at radius 1 is 1.11 bits per heavy atom. The van der Waals surface area contributed by atoms with Crippen LogP contribution in [0.1, 0.15) is 28.4 Å². The van der Waals surface area contributed by atoms with Gasteiger partial charge in [0.25, 0.3) is 0 Å². The Kier molecular flexibility index (Phi) is 3.27. The van der Waals surface area contributed by atoms with Gasteiger partial charge in [0.15, 0.2) is 5.82 Å². The number of nitrogens with zero attached hydrogens (tertiary/aromatic N) is 2. The predicted octanol–water partition coefficient (Wildman–Crippen LogP) is 3.87. The fourth-order valence-electron chi connectivity index (χ4n) is 3.71. The fourth-order valence-corrected chi connectivity index (χ4v) is 3.71. The Bertz CT molecular complexity index is 1130. The molecule has 0 fully saturated rings. The van der Waals surface area contributed by atoms with E-state index in [1.54, 1.807) is 17.9 Å². The topological polar surface area (TPSA) is 75.4 Å². The van der Waals surface area contributed by atoms with E-state index in [2.05, 4.69) is 10.5 Å². The maximum Gasteiger partial charge on any atom is 0.248 e. The number of amides is 2. The van der Waals surface area contributed by atoms with Crippen molar-refractivity contribution in [2.24, 2.45) is 0 Å². The molecule has 0 saturated heterocycles. The van der Waals surface area contributed by atoms with E-state index in [-0.39, 0.29) is 5.91 Å². The van der Waals surface area contributed by atoms with Gasteiger partial charge in [0.2, 0.25) is 11.8 Å². The lowest BCUT2D eigenvalue weighted by atomic mass is 9.97. The molecule has 2 aliphatic rings. The number of fused-ring (bicyclic) bond motifs is 2. The van der Waals surface area contributed by atoms with Crippen LogP contribution in [-0.4, -0.2) is 17.0 Å². The van der Waals surface area contributed by atoms with Gasteiger partial charge in [-0.25, -0.2) is 0 Å². The summed E-state index contributed by atoms with van der Waals surface area (Å²) in [6.45, 7) is 1.74. The number of hydrogen-bond acceptors (Lipinski definition) is 4. The summed E-state index contributed by atoms with van der Waals surface area (Å²) in [5.41, 5.74) is 4.07. The number of rotatable bonds is 2. The molecule has 3 aromatic rings. The molecule has 0 saturated carbocycles. The molecule has 6 heteroatoms. The molecular weight excluding hydrogens is 342 g/mol. The summed E-state index contributed by atoms with van der Waals surface area (Å²) in [6, 6.07) is 14.9. The highest BCUT2D eigenvalue weighted by molar-refractivity contribution is 6.24. The highest BCUT2D eigenvalue weighted by Crippen LogP contribution is 2.47. The van der Waals surface area contributed by atoms with Gasteiger partial charge in [-0.15, -0.1) is 0 Å². The third kappa shape index (κ3) is 2.30. The van der Waals surface area contributed by atoms with Gasteiger partial charge in [0, 0.05) is 6.07 Å². The standard InChI is InChI=1S/C21H15N3O3/c1-12-11-17(23-27-12)22-20(25)18-15-7-4-6-14-10-9-13-5-2-3-8-16(13)24(19(14)15)21(18)26/h2-11,18H,1H3,(H,22,23,25). The van der Waals surface area contributed by atoms with Crippen LogP contribution in [0.3, 0.4) is 0 Å². The summed E-state index contributed by atoms with van der Waals surface area (Å²) in [4.78, 5) is 27.9. The monoisotopic (exact) mass is 357 g/mol. The Morgan fingerprint density at radius 3 is 2.70 bits per heavy atom. The molecule has 6 nitrogen and oxygen atoms in total. The zero-order chi connectivity index (χ0) is 18.5. The van der Waals surface area contributed by atoms with E-state index < -0.39 is 11.8 Å². The molecule has 1 N–H and O–H groups in total. The molecule has 2 aromatic carbocycles. The Labute approximate surface area is 155 Å². The van der Waals surface area contributed by atoms with Gasteiger partial charge >= 0.3 is 0 Å². The molecule has 132 valence electrons. The van der Waals surface area contributed by atoms with Gasteiger partial charge < -0.3 is 9.84 Å². The van der Waals surface area contributed by atoms with E-state index >= 15 is 0 Å². The minimum absolute atomic E-state index is 0.272. The summed E-state index contributed by atoms with van der Waals surface area (Å²) in [5, 5.41) is 6.48. The molecular formula is C21H15N3O3. The van der Waals surface area contributed by atoms with Crippen LogP contribution in [0, 0.1) is 6.92 Å². The van der Waals surface area contributed by atoms with Crippen molar-refractivity contribution >= 4 is 41.2 Å². The van der Waals surface area contributed by atoms with Crippen molar-refractivity contribution in [1.29, 1.82) is 0 Å². The predicted molar refractivity (Wildman–Crippen MR) is 102 cm³/mol. The lowest BCUT2D eigenvalue weighted by Gasteiger charge is -2.20. The first-order valence-electron chi connectivity index (χ1n) is 8.61. The van der Waals surface area contributed by atoms with Crippen molar-refractivity contribution in [3.63, 3.8) is 0 Å². The van der Waals surface area contributed by atoms with Crippen molar-refractivity contribution in [1.82, 2.24) is 5.16 Å². The minimum atomic E-state index is -0.934. The zero-order valence-electron chi connectivity index (χ0n) is 14.5. The molecule has 0 aliphatic carbocycles. The van der Waals surface area contributed by atoms with Gasteiger partial charge in [0.05, 0.1) is 11.4 Å². The average Bonchev–Trinajstić information content (AvgIpc) is 3.14. The Morgan fingerprint density at radius 2 is 1.89 bits per heavy atom. The van der Waals surface area contributed by atoms with Crippen molar-refractivity contribution in [2.45, 2.75) is 12.8 Å². The normalized spacial score (nSPS) is 16.7. The third-order valence-corrected chi connectivity index (χ3v) is 4.86. The number of benzene rings is 2. The van der Waals surface area contributed by atoms with Gasteiger partial charge in [-0.2, -0.15) is 0 Å². The first-order chi connectivity index (χ1) is 13.1. The van der Waals surface area contributed by atoms with E-state index in [9.17, 15) is 9.59 Å². The van der Waals surface area contributed by atoms with Gasteiger partial charge in [-0.3, -0.25) is 14.5 Å². The quantitative estimate of drug-likeness (QED) is 0.707. The summed E-state index contributed by atoms with van der Waals surface area (Å²) < 4.78 is 4.99. The van der Waals surface area contributed by atoms with Crippen molar-refractivity contribution in [3.8, 4) is 0 Å². The second-order valence-electron chi connectivity index (χ2n) is 6.60. The summed E-state index contributed by atoms with van der Waals surface area (Å²) in [6.07, 6.45) is 3.97. The SMILES string of the molecule is Cc1cc(NC(=O)C2C(=O)N3c4ccccc4C=Cc4cccc2c43)no1. The van der Waals surface area contributed by atoms with E-state index in [0.717, 1.165) is 22.5 Å². The summed E-state index contributed by atoms with van der Waals surface area (Å²) in [7, 11) is 0. The van der Waals surface area contributed by atoms with E-state index in [0.29, 0.717) is 17.1 Å². The van der Waals surface area contributed by atoms with Crippen LogP contribution in [0.2, 0.25) is 0 Å². The Balaban J connectivity index is 1.63. The van der Waals surface area contributed by atoms with Crippen molar-refractivity contribution < 1.29 is 14.1 Å². The van der Waals surface area contributed by atoms with Gasteiger partial charge in [0.1, 0.15) is 11.7 Å². The van der Waals surface area contributed by atoms with Crippen LogP contribution in [0.4, 0.5) is 17.2 Å². The molecule has 2 amide bonds. The second kappa shape index (κ2) is 5.67. The largest absolute Gasteiger partial charge is 0.360 e. The molecule has 0 bridgehead atoms. The van der Waals surface area contributed by atoms with E-state index in [1.165, 1.54) is 0 Å². The van der Waals surface area contributed by atoms with Crippen LogP contribution in [0.15, 0.2) is 53.1 Å². The number of anilines is 3. The van der Waals surface area contributed by atoms with Crippen LogP contribution < -0.4 is 10.2 Å². The van der Waals surface area contributed by atoms with E-state index in [1.807, 2.05) is 54.6 Å². The molecule has 0 spiro atoms. The number of aromatic nitrogens is 1. The third-order valence-electron chi connectivity index (χ3n) is 4.86. The minimum Gasteiger partial charge on any atom is -0.360 e. The molecule has 3 heterocycles. The van der Waals surface area contributed by atoms with Crippen LogP contribution in [-0.2, 0) is 9.59 Å². The van der Waals surface area contributed by atoms with Gasteiger partial charge in [-0.05, 0) is 29.7 Å². The number of aryl methyl sites for hydroxylation is 1. The number of carbonyl (C=O) groups is 2. The molecule has 1 unspecified atom stereocenters. The molecule has 5 rings (SSSR count). The number of para-hydroxylation sites is 2. The van der Waals surface area contributed by atoms with Crippen LogP contribution >= 0.6 is 0 Å². The zero-order valence-corrected chi connectivity index (χ0v) is 14.5. The average molecular weight is 357 g/mol. The second-order valence-corrected chi connectivity index (χ2v) is 6.60. The maximum absolute atomic E-state index is 13.3. The highest BCUT2D eigenvalue weighted by atomic mass is 16.5. The highest BCUT2D eigenvalue weighted by Gasteiger charge is 2.44. The van der Waals surface area contributed by atoms with Crippen molar-refractivity contribution in [3.05, 3.63) is 71.0 Å². The summed E-state index contributed by atoms with van der Waals surface area (Å²) >= 11 is 0. The molecule has 27 heavy (non-hydrogen) atoms.